The summed E-state index contributed by atoms with van der Waals surface area (Å²) in [5, 5.41) is 7.51. The lowest BCUT2D eigenvalue weighted by Gasteiger charge is -2.34. The number of rotatable bonds is 5. The number of halogens is 2. The number of fused-ring (bicyclic) bond motifs is 3. The molecule has 2 bridgehead atoms. The summed E-state index contributed by atoms with van der Waals surface area (Å²) in [6.45, 7) is 7.75. The zero-order chi connectivity index (χ0) is 29.8. The van der Waals surface area contributed by atoms with Crippen LogP contribution in [0.15, 0.2) is 23.1 Å². The Hall–Kier alpha value is -2.77. The highest BCUT2D eigenvalue weighted by Crippen LogP contribution is 2.41. The molecule has 11 nitrogen and oxygen atoms in total. The number of nitrogens with two attached hydrogens (primary N) is 1. The van der Waals surface area contributed by atoms with Crippen LogP contribution in [0.5, 0.6) is 5.75 Å². The predicted octanol–water partition coefficient (Wildman–Crippen LogP) is 5.35. The van der Waals surface area contributed by atoms with Crippen LogP contribution in [0.1, 0.15) is 62.5 Å². The van der Waals surface area contributed by atoms with Crippen molar-refractivity contribution < 1.29 is 19.1 Å². The number of hydrogen-bond acceptors (Lipinski definition) is 9. The van der Waals surface area contributed by atoms with E-state index >= 15 is 0 Å². The molecule has 2 amide bonds. The summed E-state index contributed by atoms with van der Waals surface area (Å²) in [6.07, 6.45) is 5.25. The molecule has 2 saturated heterocycles. The van der Waals surface area contributed by atoms with Crippen LogP contribution in [0.2, 0.25) is 4.34 Å². The summed E-state index contributed by atoms with van der Waals surface area (Å²) in [5.74, 6) is 1.04. The maximum absolute atomic E-state index is 13.5. The summed E-state index contributed by atoms with van der Waals surface area (Å²) in [7, 11) is 0. The van der Waals surface area contributed by atoms with Crippen LogP contribution in [0, 0.1) is 5.92 Å². The Balaban J connectivity index is 1.11. The molecule has 0 radical (unpaired) electrons. The Kier molecular flexibility index (Phi) is 7.94. The van der Waals surface area contributed by atoms with Crippen molar-refractivity contribution in [3.63, 3.8) is 0 Å². The third-order valence-electron chi connectivity index (χ3n) is 8.04. The van der Waals surface area contributed by atoms with E-state index < -0.39 is 5.60 Å². The molecule has 3 fully saturated rings. The molecule has 6 rings (SSSR count). The second-order valence-corrected chi connectivity index (χ2v) is 14.9. The van der Waals surface area contributed by atoms with Gasteiger partial charge < -0.3 is 30.3 Å². The topological polar surface area (TPSA) is 127 Å². The number of thiophene rings is 1. The normalized spacial score (nSPS) is 24.2. The molecule has 14 heteroatoms. The minimum absolute atomic E-state index is 0.0631. The summed E-state index contributed by atoms with van der Waals surface area (Å²) in [6, 6.07) is 3.70. The number of ether oxygens (including phenoxy) is 2. The number of nitrogens with zero attached hydrogens (tertiary/aromatic N) is 5. The minimum atomic E-state index is -0.538. The molecule has 0 spiro atoms. The van der Waals surface area contributed by atoms with Gasteiger partial charge in [-0.25, -0.2) is 14.3 Å². The number of likely N-dealkylation sites (tertiary alicyclic amines) is 1. The molecule has 3 aromatic heterocycles. The lowest BCUT2D eigenvalue weighted by Crippen LogP contribution is -2.47. The zero-order valence-electron chi connectivity index (χ0n) is 23.8. The van der Waals surface area contributed by atoms with Crippen molar-refractivity contribution in [3.05, 3.63) is 32.3 Å². The van der Waals surface area contributed by atoms with E-state index in [0.717, 1.165) is 48.0 Å². The van der Waals surface area contributed by atoms with Gasteiger partial charge in [0, 0.05) is 44.2 Å². The van der Waals surface area contributed by atoms with Gasteiger partial charge in [0.05, 0.1) is 10.0 Å². The van der Waals surface area contributed by atoms with Crippen molar-refractivity contribution in [2.45, 2.75) is 76.7 Å². The lowest BCUT2D eigenvalue weighted by molar-refractivity contribution is 0.0202. The van der Waals surface area contributed by atoms with Gasteiger partial charge in [-0.1, -0.05) is 11.6 Å². The number of nitrogen functional groups attached to an aromatic ring is 1. The van der Waals surface area contributed by atoms with Gasteiger partial charge in [-0.3, -0.25) is 4.79 Å². The number of nitrogens with one attached hydrogen (secondary N) is 1. The summed E-state index contributed by atoms with van der Waals surface area (Å²) in [5.41, 5.74) is 7.32. The van der Waals surface area contributed by atoms with Crippen LogP contribution >= 0.6 is 38.9 Å². The first-order valence-corrected chi connectivity index (χ1v) is 16.2. The second kappa shape index (κ2) is 11.4. The number of anilines is 2. The quantitative estimate of drug-likeness (QED) is 0.369. The van der Waals surface area contributed by atoms with Crippen molar-refractivity contribution in [2.24, 2.45) is 5.92 Å². The minimum Gasteiger partial charge on any atom is -0.489 e. The molecule has 0 aromatic carbocycles. The number of carbonyl (C=O) groups is 2. The van der Waals surface area contributed by atoms with Crippen molar-refractivity contribution >= 4 is 67.9 Å². The Morgan fingerprint density at radius 3 is 2.81 bits per heavy atom. The van der Waals surface area contributed by atoms with Crippen LogP contribution in [0.4, 0.5) is 16.3 Å². The highest BCUT2D eigenvalue weighted by molar-refractivity contribution is 9.10. The van der Waals surface area contributed by atoms with Crippen molar-refractivity contribution in [1.29, 1.82) is 0 Å². The van der Waals surface area contributed by atoms with Gasteiger partial charge in [0.2, 0.25) is 0 Å². The highest BCUT2D eigenvalue weighted by Gasteiger charge is 2.44. The maximum atomic E-state index is 13.5. The number of piperidine rings is 1. The van der Waals surface area contributed by atoms with E-state index in [9.17, 15) is 9.59 Å². The maximum Gasteiger partial charge on any atom is 0.410 e. The monoisotopic (exact) mass is 679 g/mol. The van der Waals surface area contributed by atoms with Gasteiger partial charge in [0.15, 0.2) is 5.82 Å². The van der Waals surface area contributed by atoms with Gasteiger partial charge in [0.1, 0.15) is 38.8 Å². The molecular formula is C28H35BrClN7O4S. The van der Waals surface area contributed by atoms with Gasteiger partial charge in [-0.2, -0.15) is 5.10 Å². The Morgan fingerprint density at radius 2 is 2.02 bits per heavy atom. The van der Waals surface area contributed by atoms with E-state index in [4.69, 9.17) is 26.8 Å². The van der Waals surface area contributed by atoms with Crippen molar-refractivity contribution in [2.75, 3.05) is 30.3 Å². The molecule has 3 N–H and O–H groups in total. The first kappa shape index (κ1) is 29.3. The van der Waals surface area contributed by atoms with E-state index in [0.29, 0.717) is 46.2 Å². The predicted molar refractivity (Wildman–Crippen MR) is 166 cm³/mol. The molecule has 4 atom stereocenters. The van der Waals surface area contributed by atoms with Gasteiger partial charge in [-0.05, 0) is 74.4 Å². The molecule has 5 heterocycles. The third-order valence-corrected chi connectivity index (χ3v) is 9.85. The summed E-state index contributed by atoms with van der Waals surface area (Å²) < 4.78 is 15.1. The van der Waals surface area contributed by atoms with Crippen LogP contribution in [-0.2, 0) is 4.74 Å². The molecular weight excluding hydrogens is 646 g/mol. The highest BCUT2D eigenvalue weighted by atomic mass is 79.9. The SMILES string of the molecule is CC(C)(C)OC(=O)N1CC2CC(Oc3cc(Cl)sc3C(=O)N[C@@H]3CCCN(c4cc(Br)n5ncnc(N)c45)C3)CC1C2. The fraction of sp³-hybridized carbons (Fsp3) is 0.571. The second-order valence-electron chi connectivity index (χ2n) is 12.4. The van der Waals surface area contributed by atoms with Gasteiger partial charge >= 0.3 is 6.09 Å². The average molecular weight is 681 g/mol. The van der Waals surface area contributed by atoms with Gasteiger partial charge in [0.25, 0.3) is 5.91 Å². The van der Waals surface area contributed by atoms with E-state index in [2.05, 4.69) is 36.2 Å². The lowest BCUT2D eigenvalue weighted by atomic mass is 9.88. The Morgan fingerprint density at radius 1 is 1.21 bits per heavy atom. The summed E-state index contributed by atoms with van der Waals surface area (Å²) in [4.78, 5) is 35.0. The number of hydrogen-bond donors (Lipinski definition) is 2. The fourth-order valence-electron chi connectivity index (χ4n) is 6.41. The molecule has 3 aliphatic rings. The van der Waals surface area contributed by atoms with Crippen molar-refractivity contribution in [3.8, 4) is 5.75 Å². The van der Waals surface area contributed by atoms with E-state index in [-0.39, 0.29) is 30.2 Å². The van der Waals surface area contributed by atoms with E-state index in [1.54, 1.807) is 10.6 Å². The summed E-state index contributed by atoms with van der Waals surface area (Å²) >= 11 is 11.2. The zero-order valence-corrected chi connectivity index (χ0v) is 27.0. The van der Waals surface area contributed by atoms with Crippen molar-refractivity contribution in [1.82, 2.24) is 24.8 Å². The Labute approximate surface area is 261 Å². The standard InChI is InChI=1S/C28H35BrClN7O4S/c1-28(2,3)41-27(39)36-12-15-7-17(36)9-18(8-15)40-20-11-22(30)42-24(20)26(38)34-16-5-4-6-35(13-16)19-10-21(29)37-23(19)25(31)32-14-33-37/h10-11,14-18H,4-9,12-13H2,1-3H3,(H,34,38)(H2,31,32,33)/t15?,16-,17?,18?/m1/s1. The molecule has 3 unspecified atom stereocenters. The van der Waals surface area contributed by atoms with Crippen LogP contribution < -0.4 is 20.7 Å². The Bertz CT molecular complexity index is 1510. The number of amides is 2. The smallest absolute Gasteiger partial charge is 0.410 e. The third kappa shape index (κ3) is 6.00. The number of carbonyl (C=O) groups excluding carboxylic acids is 2. The molecule has 1 aliphatic carbocycles. The molecule has 1 saturated carbocycles. The largest absolute Gasteiger partial charge is 0.489 e. The molecule has 42 heavy (non-hydrogen) atoms. The molecule has 2 aliphatic heterocycles. The van der Waals surface area contributed by atoms with Crippen LogP contribution in [0.25, 0.3) is 5.52 Å². The van der Waals surface area contributed by atoms with E-state index in [1.165, 1.54) is 17.7 Å². The van der Waals surface area contributed by atoms with Crippen LogP contribution in [0.3, 0.4) is 0 Å². The fourth-order valence-corrected chi connectivity index (χ4v) is 7.94. The number of aromatic nitrogens is 3. The molecule has 3 aromatic rings. The molecule has 226 valence electrons. The van der Waals surface area contributed by atoms with Gasteiger partial charge in [-0.15, -0.1) is 11.3 Å². The van der Waals surface area contributed by atoms with E-state index in [1.807, 2.05) is 31.7 Å². The average Bonchev–Trinajstić information content (AvgIpc) is 3.56. The van der Waals surface area contributed by atoms with Crippen LogP contribution in [-0.4, -0.2) is 74.9 Å². The first-order valence-electron chi connectivity index (χ1n) is 14.2. The first-order chi connectivity index (χ1) is 19.9.